The first kappa shape index (κ1) is 9.88. The van der Waals surface area contributed by atoms with Gasteiger partial charge in [0.2, 0.25) is 0 Å². The minimum absolute atomic E-state index is 0.0216. The molecule has 0 heterocycles. The molecule has 78 valence electrons. The van der Waals surface area contributed by atoms with Gasteiger partial charge in [-0.15, -0.1) is 0 Å². The van der Waals surface area contributed by atoms with Gasteiger partial charge >= 0.3 is 0 Å². The zero-order chi connectivity index (χ0) is 11.3. The van der Waals surface area contributed by atoms with Gasteiger partial charge in [-0.05, 0) is 29.9 Å². The highest BCUT2D eigenvalue weighted by Gasteiger charge is 2.28. The lowest BCUT2D eigenvalue weighted by Crippen LogP contribution is -2.03. The Balaban J connectivity index is 2.37. The minimum atomic E-state index is -0.0216. The summed E-state index contributed by atoms with van der Waals surface area (Å²) in [6, 6.07) is 5.59. The van der Waals surface area contributed by atoms with Crippen molar-refractivity contribution in [2.45, 2.75) is 0 Å². The Kier molecular flexibility index (Phi) is 2.06. The maximum atomic E-state index is 11.7. The van der Waals surface area contributed by atoms with Gasteiger partial charge in [0, 0.05) is 26.8 Å². The van der Waals surface area contributed by atoms with Gasteiger partial charge in [-0.25, -0.2) is 0 Å². The molecule has 0 aliphatic heterocycles. The number of fused-ring (bicyclic) bond motifs is 3. The van der Waals surface area contributed by atoms with Crippen LogP contribution in [0.5, 0.6) is 0 Å². The highest BCUT2D eigenvalue weighted by Crippen LogP contribution is 2.44. The van der Waals surface area contributed by atoms with Crippen LogP contribution in [0.25, 0.3) is 11.6 Å². The molecule has 0 saturated heterocycles. The van der Waals surface area contributed by atoms with Crippen LogP contribution in [-0.4, -0.2) is 5.78 Å². The molecule has 16 heavy (non-hydrogen) atoms. The van der Waals surface area contributed by atoms with Gasteiger partial charge in [0.05, 0.1) is 0 Å². The number of hydrogen-bond acceptors (Lipinski definition) is 1. The minimum Gasteiger partial charge on any atom is -0.289 e. The summed E-state index contributed by atoms with van der Waals surface area (Å²) in [7, 11) is 0. The van der Waals surface area contributed by atoms with E-state index >= 15 is 0 Å². The topological polar surface area (TPSA) is 17.1 Å². The quantitative estimate of drug-likeness (QED) is 0.682. The molecule has 3 heteroatoms. The number of carbonyl (C=O) groups excluding carboxylic acids is 1. The Labute approximate surface area is 103 Å². The Morgan fingerprint density at radius 3 is 2.69 bits per heavy atom. The van der Waals surface area contributed by atoms with Gasteiger partial charge < -0.3 is 0 Å². The summed E-state index contributed by atoms with van der Waals surface area (Å²) < 4.78 is 0. The number of halogens is 2. The van der Waals surface area contributed by atoms with E-state index in [2.05, 4.69) is 0 Å². The monoisotopic (exact) mass is 248 g/mol. The Morgan fingerprint density at radius 2 is 1.88 bits per heavy atom. The Morgan fingerprint density at radius 1 is 1.06 bits per heavy atom. The molecular weight excluding hydrogens is 243 g/mol. The summed E-state index contributed by atoms with van der Waals surface area (Å²) >= 11 is 12.3. The molecule has 1 nitrogen and oxygen atoms in total. The molecule has 0 fully saturated rings. The highest BCUT2D eigenvalue weighted by atomic mass is 35.5. The van der Waals surface area contributed by atoms with Gasteiger partial charge in [0.15, 0.2) is 5.78 Å². The van der Waals surface area contributed by atoms with E-state index in [1.807, 2.05) is 18.2 Å². The molecule has 2 aliphatic carbocycles. The van der Waals surface area contributed by atoms with Crippen LogP contribution in [-0.2, 0) is 4.79 Å². The second-order valence-electron chi connectivity index (χ2n) is 3.68. The van der Waals surface area contributed by atoms with Crippen molar-refractivity contribution < 1.29 is 4.79 Å². The lowest BCUT2D eigenvalue weighted by atomic mass is 9.96. The van der Waals surface area contributed by atoms with Gasteiger partial charge in [0.25, 0.3) is 0 Å². The molecule has 2 aliphatic rings. The van der Waals surface area contributed by atoms with E-state index < -0.39 is 0 Å². The van der Waals surface area contributed by atoms with Crippen molar-refractivity contribution in [3.05, 3.63) is 57.1 Å². The number of hydrogen-bond donors (Lipinski definition) is 0. The SMILES string of the molecule is O=C1C=CC(Cl)=C2C1=Cc1cccc(Cl)c12. The molecule has 0 N–H and O–H groups in total. The van der Waals surface area contributed by atoms with E-state index in [0.717, 1.165) is 16.7 Å². The van der Waals surface area contributed by atoms with Crippen molar-refractivity contribution in [2.24, 2.45) is 0 Å². The molecule has 3 rings (SSSR count). The number of rotatable bonds is 0. The maximum Gasteiger partial charge on any atom is 0.186 e. The van der Waals surface area contributed by atoms with Crippen molar-refractivity contribution in [1.82, 2.24) is 0 Å². The third-order valence-electron chi connectivity index (χ3n) is 2.75. The predicted octanol–water partition coefficient (Wildman–Crippen LogP) is 3.83. The van der Waals surface area contributed by atoms with Gasteiger partial charge in [0.1, 0.15) is 0 Å². The number of benzene rings is 1. The van der Waals surface area contributed by atoms with Crippen LogP contribution in [0.1, 0.15) is 11.1 Å². The highest BCUT2D eigenvalue weighted by molar-refractivity contribution is 6.42. The molecule has 0 saturated carbocycles. The predicted molar refractivity (Wildman–Crippen MR) is 66.3 cm³/mol. The van der Waals surface area contributed by atoms with Crippen molar-refractivity contribution in [3.8, 4) is 0 Å². The second-order valence-corrected chi connectivity index (χ2v) is 4.50. The summed E-state index contributed by atoms with van der Waals surface area (Å²) in [6.07, 6.45) is 4.94. The smallest absolute Gasteiger partial charge is 0.186 e. The van der Waals surface area contributed by atoms with Crippen molar-refractivity contribution in [2.75, 3.05) is 0 Å². The average molecular weight is 249 g/mol. The van der Waals surface area contributed by atoms with E-state index in [4.69, 9.17) is 23.2 Å². The van der Waals surface area contributed by atoms with Crippen LogP contribution in [0.15, 0.2) is 41.0 Å². The maximum absolute atomic E-state index is 11.7. The molecule has 0 spiro atoms. The van der Waals surface area contributed by atoms with Crippen LogP contribution in [0.2, 0.25) is 5.02 Å². The van der Waals surface area contributed by atoms with Crippen LogP contribution in [0.4, 0.5) is 0 Å². The number of allylic oxidation sites excluding steroid dienone is 5. The fraction of sp³-hybridized carbons (Fsp3) is 0. The fourth-order valence-corrected chi connectivity index (χ4v) is 2.59. The molecule has 0 aromatic heterocycles. The molecule has 0 unspecified atom stereocenters. The summed E-state index contributed by atoms with van der Waals surface area (Å²) in [4.78, 5) is 11.7. The summed E-state index contributed by atoms with van der Waals surface area (Å²) in [5.74, 6) is -0.0216. The standard InChI is InChI=1S/C13H6Cl2O/c14-9-3-1-2-7-6-8-11(16)5-4-10(15)13(8)12(7)9/h1-6H. The molecule has 0 bridgehead atoms. The first-order valence-electron chi connectivity index (χ1n) is 4.81. The summed E-state index contributed by atoms with van der Waals surface area (Å²) in [5.41, 5.74) is 3.21. The van der Waals surface area contributed by atoms with E-state index in [0.29, 0.717) is 15.6 Å². The summed E-state index contributed by atoms with van der Waals surface area (Å²) in [5, 5.41) is 1.19. The van der Waals surface area contributed by atoms with Crippen LogP contribution in [0.3, 0.4) is 0 Å². The first-order chi connectivity index (χ1) is 7.68. The van der Waals surface area contributed by atoms with E-state index in [1.165, 1.54) is 6.08 Å². The van der Waals surface area contributed by atoms with Crippen molar-refractivity contribution >= 4 is 40.6 Å². The van der Waals surface area contributed by atoms with Crippen LogP contribution in [0, 0.1) is 0 Å². The van der Waals surface area contributed by atoms with Crippen LogP contribution < -0.4 is 0 Å². The zero-order valence-electron chi connectivity index (χ0n) is 8.13. The van der Waals surface area contributed by atoms with E-state index in [-0.39, 0.29) is 5.78 Å². The van der Waals surface area contributed by atoms with Crippen LogP contribution >= 0.6 is 23.2 Å². The van der Waals surface area contributed by atoms with Gasteiger partial charge in [-0.2, -0.15) is 0 Å². The molecule has 1 aromatic carbocycles. The molecule has 1 aromatic rings. The number of carbonyl (C=O) groups is 1. The van der Waals surface area contributed by atoms with Crippen molar-refractivity contribution in [3.63, 3.8) is 0 Å². The fourth-order valence-electron chi connectivity index (χ4n) is 2.05. The van der Waals surface area contributed by atoms with E-state index in [9.17, 15) is 4.79 Å². The third kappa shape index (κ3) is 1.22. The molecular formula is C13H6Cl2O. The molecule has 0 amide bonds. The Hall–Kier alpha value is -1.31. The van der Waals surface area contributed by atoms with E-state index in [1.54, 1.807) is 12.1 Å². The molecule has 0 atom stereocenters. The largest absolute Gasteiger partial charge is 0.289 e. The normalized spacial score (nSPS) is 17.4. The van der Waals surface area contributed by atoms with Gasteiger partial charge in [-0.3, -0.25) is 4.79 Å². The second kappa shape index (κ2) is 3.34. The first-order valence-corrected chi connectivity index (χ1v) is 5.57. The van der Waals surface area contributed by atoms with Gasteiger partial charge in [-0.1, -0.05) is 35.3 Å². The third-order valence-corrected chi connectivity index (χ3v) is 3.38. The van der Waals surface area contributed by atoms with Crippen molar-refractivity contribution in [1.29, 1.82) is 0 Å². The summed E-state index contributed by atoms with van der Waals surface area (Å²) in [6.45, 7) is 0. The molecule has 0 radical (unpaired) electrons. The lowest BCUT2D eigenvalue weighted by Gasteiger charge is -2.11. The Bertz CT molecular complexity index is 606. The average Bonchev–Trinajstić information content (AvgIpc) is 2.65. The lowest BCUT2D eigenvalue weighted by molar-refractivity contribution is -0.110. The number of ketones is 1. The zero-order valence-corrected chi connectivity index (χ0v) is 9.64.